The van der Waals surface area contributed by atoms with Crippen LogP contribution in [0.4, 0.5) is 5.69 Å². The van der Waals surface area contributed by atoms with Crippen molar-refractivity contribution in [3.63, 3.8) is 0 Å². The summed E-state index contributed by atoms with van der Waals surface area (Å²) in [7, 11) is 3.22. The van der Waals surface area contributed by atoms with E-state index >= 15 is 0 Å². The molecule has 1 aliphatic heterocycles. The first-order valence-electron chi connectivity index (χ1n) is 9.11. The molecule has 0 aromatic heterocycles. The fraction of sp³-hybridized carbons (Fsp3) is 0.318. The van der Waals surface area contributed by atoms with E-state index in [0.717, 1.165) is 37.5 Å². The maximum Gasteiger partial charge on any atom is 0.246 e. The highest BCUT2D eigenvalue weighted by molar-refractivity contribution is 5.92. The van der Waals surface area contributed by atoms with Crippen molar-refractivity contribution in [3.05, 3.63) is 59.7 Å². The Morgan fingerprint density at radius 1 is 1.00 bits per heavy atom. The minimum absolute atomic E-state index is 0.0248. The van der Waals surface area contributed by atoms with Crippen molar-refractivity contribution in [2.75, 3.05) is 45.3 Å². The number of methoxy groups -OCH3 is 2. The summed E-state index contributed by atoms with van der Waals surface area (Å²) in [6.07, 6.45) is 3.42. The lowest BCUT2D eigenvalue weighted by Crippen LogP contribution is -2.48. The van der Waals surface area contributed by atoms with Gasteiger partial charge in [0.1, 0.15) is 11.5 Å². The van der Waals surface area contributed by atoms with Crippen LogP contribution < -0.4 is 14.4 Å². The zero-order chi connectivity index (χ0) is 19.2. The first-order valence-corrected chi connectivity index (χ1v) is 9.11. The third kappa shape index (κ3) is 4.61. The lowest BCUT2D eigenvalue weighted by molar-refractivity contribution is -0.126. The molecule has 0 spiro atoms. The summed E-state index contributed by atoms with van der Waals surface area (Å²) in [6.45, 7) is 5.22. The first-order chi connectivity index (χ1) is 13.1. The van der Waals surface area contributed by atoms with Crippen molar-refractivity contribution in [1.82, 2.24) is 4.90 Å². The van der Waals surface area contributed by atoms with Gasteiger partial charge in [0.05, 0.1) is 14.2 Å². The fourth-order valence-electron chi connectivity index (χ4n) is 3.23. The van der Waals surface area contributed by atoms with E-state index in [4.69, 9.17) is 9.47 Å². The van der Waals surface area contributed by atoms with Crippen LogP contribution in [0.25, 0.3) is 6.08 Å². The van der Waals surface area contributed by atoms with Crippen molar-refractivity contribution >= 4 is 17.7 Å². The van der Waals surface area contributed by atoms with Crippen LogP contribution in [-0.4, -0.2) is 51.2 Å². The second-order valence-electron chi connectivity index (χ2n) is 6.59. The summed E-state index contributed by atoms with van der Waals surface area (Å²) >= 11 is 0. The number of carbonyl (C=O) groups is 1. The topological polar surface area (TPSA) is 42.0 Å². The molecule has 1 saturated heterocycles. The van der Waals surface area contributed by atoms with Gasteiger partial charge in [-0.2, -0.15) is 0 Å². The van der Waals surface area contributed by atoms with Crippen molar-refractivity contribution in [3.8, 4) is 11.5 Å². The van der Waals surface area contributed by atoms with E-state index in [9.17, 15) is 4.79 Å². The van der Waals surface area contributed by atoms with Gasteiger partial charge in [0.2, 0.25) is 5.91 Å². The number of rotatable bonds is 5. The van der Waals surface area contributed by atoms with Gasteiger partial charge in [0, 0.05) is 49.6 Å². The predicted molar refractivity (Wildman–Crippen MR) is 109 cm³/mol. The Balaban J connectivity index is 1.60. The smallest absolute Gasteiger partial charge is 0.246 e. The molecule has 27 heavy (non-hydrogen) atoms. The van der Waals surface area contributed by atoms with Gasteiger partial charge in [-0.05, 0) is 42.8 Å². The minimum atomic E-state index is 0.0248. The molecule has 0 bridgehead atoms. The number of benzene rings is 2. The number of anilines is 1. The molecular weight excluding hydrogens is 340 g/mol. The van der Waals surface area contributed by atoms with Crippen LogP contribution in [0, 0.1) is 6.92 Å². The average molecular weight is 366 g/mol. The molecule has 3 rings (SSSR count). The molecular formula is C22H26N2O3. The van der Waals surface area contributed by atoms with Crippen LogP contribution in [0.15, 0.2) is 48.5 Å². The highest BCUT2D eigenvalue weighted by atomic mass is 16.5. The number of hydrogen-bond acceptors (Lipinski definition) is 4. The molecule has 1 amide bonds. The maximum absolute atomic E-state index is 12.5. The lowest BCUT2D eigenvalue weighted by Gasteiger charge is -2.35. The second kappa shape index (κ2) is 8.62. The molecule has 1 heterocycles. The normalized spacial score (nSPS) is 14.5. The maximum atomic E-state index is 12.5. The van der Waals surface area contributed by atoms with E-state index in [1.807, 2.05) is 23.1 Å². The van der Waals surface area contributed by atoms with Gasteiger partial charge in [0.25, 0.3) is 0 Å². The molecule has 0 unspecified atom stereocenters. The molecule has 0 aliphatic carbocycles. The molecule has 5 nitrogen and oxygen atoms in total. The fourth-order valence-corrected chi connectivity index (χ4v) is 3.23. The van der Waals surface area contributed by atoms with Crippen LogP contribution in [-0.2, 0) is 4.79 Å². The summed E-state index contributed by atoms with van der Waals surface area (Å²) in [5, 5.41) is 0. The Hall–Kier alpha value is -2.95. The highest BCUT2D eigenvalue weighted by Gasteiger charge is 2.20. The molecule has 1 aliphatic rings. The monoisotopic (exact) mass is 366 g/mol. The number of ether oxygens (including phenoxy) is 2. The van der Waals surface area contributed by atoms with Gasteiger partial charge in [-0.1, -0.05) is 12.1 Å². The van der Waals surface area contributed by atoms with Crippen molar-refractivity contribution < 1.29 is 14.3 Å². The second-order valence-corrected chi connectivity index (χ2v) is 6.59. The van der Waals surface area contributed by atoms with Gasteiger partial charge in [-0.25, -0.2) is 0 Å². The highest BCUT2D eigenvalue weighted by Crippen LogP contribution is 2.25. The number of amides is 1. The molecule has 0 saturated carbocycles. The van der Waals surface area contributed by atoms with Gasteiger partial charge in [-0.3, -0.25) is 4.79 Å². The summed E-state index contributed by atoms with van der Waals surface area (Å²) in [5.41, 5.74) is 3.33. The number of carbonyl (C=O) groups excluding carboxylic acids is 1. The number of hydrogen-bond donors (Lipinski definition) is 0. The standard InChI is InChI=1S/C22H26N2O3/c1-17-5-4-6-19(15-17)23-11-13-24(14-12-23)22(25)10-8-18-7-9-20(26-2)16-21(18)27-3/h4-10,15-16H,11-14H2,1-3H3/b10-8+. The van der Waals surface area contributed by atoms with Gasteiger partial charge in [0.15, 0.2) is 0 Å². The third-order valence-corrected chi connectivity index (χ3v) is 4.80. The van der Waals surface area contributed by atoms with E-state index in [2.05, 4.69) is 36.1 Å². The Bertz CT molecular complexity index is 824. The first kappa shape index (κ1) is 18.8. The van der Waals surface area contributed by atoms with E-state index in [-0.39, 0.29) is 5.91 Å². The van der Waals surface area contributed by atoms with E-state index in [1.165, 1.54) is 11.3 Å². The quantitative estimate of drug-likeness (QED) is 0.761. The third-order valence-electron chi connectivity index (χ3n) is 4.80. The molecule has 2 aromatic rings. The minimum Gasteiger partial charge on any atom is -0.497 e. The van der Waals surface area contributed by atoms with Gasteiger partial charge in [-0.15, -0.1) is 0 Å². The molecule has 1 fully saturated rings. The van der Waals surface area contributed by atoms with Crippen LogP contribution in [0.1, 0.15) is 11.1 Å². The molecule has 0 atom stereocenters. The van der Waals surface area contributed by atoms with Crippen LogP contribution >= 0.6 is 0 Å². The Labute approximate surface area is 160 Å². The molecule has 5 heteroatoms. The Morgan fingerprint density at radius 3 is 2.44 bits per heavy atom. The molecule has 0 radical (unpaired) electrons. The lowest BCUT2D eigenvalue weighted by atomic mass is 10.1. The summed E-state index contributed by atoms with van der Waals surface area (Å²) in [6, 6.07) is 14.0. The number of piperazine rings is 1. The molecule has 2 aromatic carbocycles. The van der Waals surface area contributed by atoms with Crippen LogP contribution in [0.5, 0.6) is 11.5 Å². The van der Waals surface area contributed by atoms with E-state index in [0.29, 0.717) is 5.75 Å². The van der Waals surface area contributed by atoms with Crippen LogP contribution in [0.2, 0.25) is 0 Å². The average Bonchev–Trinajstić information content (AvgIpc) is 2.72. The summed E-state index contributed by atoms with van der Waals surface area (Å²) < 4.78 is 10.6. The van der Waals surface area contributed by atoms with E-state index < -0.39 is 0 Å². The zero-order valence-corrected chi connectivity index (χ0v) is 16.1. The predicted octanol–water partition coefficient (Wildman–Crippen LogP) is 3.37. The summed E-state index contributed by atoms with van der Waals surface area (Å²) in [4.78, 5) is 16.8. The van der Waals surface area contributed by atoms with Crippen molar-refractivity contribution in [1.29, 1.82) is 0 Å². The van der Waals surface area contributed by atoms with Gasteiger partial charge >= 0.3 is 0 Å². The molecule has 142 valence electrons. The largest absolute Gasteiger partial charge is 0.497 e. The Kier molecular flexibility index (Phi) is 6.01. The van der Waals surface area contributed by atoms with E-state index in [1.54, 1.807) is 26.4 Å². The van der Waals surface area contributed by atoms with Crippen LogP contribution in [0.3, 0.4) is 0 Å². The van der Waals surface area contributed by atoms with Crippen molar-refractivity contribution in [2.24, 2.45) is 0 Å². The zero-order valence-electron chi connectivity index (χ0n) is 16.1. The number of aryl methyl sites for hydroxylation is 1. The molecule has 0 N–H and O–H groups in total. The van der Waals surface area contributed by atoms with Crippen molar-refractivity contribution in [2.45, 2.75) is 6.92 Å². The number of nitrogens with zero attached hydrogens (tertiary/aromatic N) is 2. The SMILES string of the molecule is COc1ccc(/C=C/C(=O)N2CCN(c3cccc(C)c3)CC2)c(OC)c1. The summed E-state index contributed by atoms with van der Waals surface area (Å²) in [5.74, 6) is 1.43. The van der Waals surface area contributed by atoms with Gasteiger partial charge < -0.3 is 19.3 Å². The Morgan fingerprint density at radius 2 is 1.78 bits per heavy atom.